The lowest BCUT2D eigenvalue weighted by atomic mass is 9.71. The SMILES string of the molecule is Cc1cc(CNC(=O)c2ccc([C@@H](C)[C@@]3(C)C(=O)Nc4ncccc43)cc2)cc(C2CC2)n1. The number of nitrogens with zero attached hydrogens (tertiary/aromatic N) is 2. The fraction of sp³-hybridized carbons (Fsp3) is 0.333. The van der Waals surface area contributed by atoms with Crippen molar-refractivity contribution >= 4 is 17.6 Å². The number of hydrogen-bond acceptors (Lipinski definition) is 4. The molecule has 0 spiro atoms. The number of carbonyl (C=O) groups excluding carboxylic acids is 2. The summed E-state index contributed by atoms with van der Waals surface area (Å²) in [5, 5.41) is 5.92. The number of aryl methyl sites for hydroxylation is 1. The lowest BCUT2D eigenvalue weighted by Gasteiger charge is -2.30. The zero-order valence-electron chi connectivity index (χ0n) is 19.2. The molecule has 1 saturated carbocycles. The van der Waals surface area contributed by atoms with Crippen molar-refractivity contribution in [3.8, 4) is 0 Å². The largest absolute Gasteiger partial charge is 0.348 e. The molecule has 0 unspecified atom stereocenters. The Balaban J connectivity index is 1.29. The highest BCUT2D eigenvalue weighted by Gasteiger charge is 2.47. The predicted molar refractivity (Wildman–Crippen MR) is 127 cm³/mol. The smallest absolute Gasteiger partial charge is 0.251 e. The number of anilines is 1. The van der Waals surface area contributed by atoms with E-state index in [1.54, 1.807) is 6.20 Å². The van der Waals surface area contributed by atoms with E-state index in [0.29, 0.717) is 23.8 Å². The highest BCUT2D eigenvalue weighted by atomic mass is 16.2. The molecule has 2 amide bonds. The van der Waals surface area contributed by atoms with Crippen LogP contribution in [0.5, 0.6) is 0 Å². The zero-order chi connectivity index (χ0) is 23.2. The summed E-state index contributed by atoms with van der Waals surface area (Å²) in [4.78, 5) is 34.5. The molecule has 5 rings (SSSR count). The maximum absolute atomic E-state index is 12.8. The summed E-state index contributed by atoms with van der Waals surface area (Å²) in [5.41, 5.74) is 4.99. The molecule has 33 heavy (non-hydrogen) atoms. The molecule has 0 saturated heterocycles. The molecule has 6 nitrogen and oxygen atoms in total. The van der Waals surface area contributed by atoms with E-state index in [9.17, 15) is 9.59 Å². The molecule has 3 aromatic rings. The van der Waals surface area contributed by atoms with Crippen molar-refractivity contribution in [1.29, 1.82) is 0 Å². The maximum Gasteiger partial charge on any atom is 0.251 e. The summed E-state index contributed by atoms with van der Waals surface area (Å²) < 4.78 is 0. The van der Waals surface area contributed by atoms with Crippen LogP contribution in [0.4, 0.5) is 5.82 Å². The van der Waals surface area contributed by atoms with Crippen molar-refractivity contribution in [2.24, 2.45) is 0 Å². The van der Waals surface area contributed by atoms with E-state index in [-0.39, 0.29) is 17.7 Å². The lowest BCUT2D eigenvalue weighted by molar-refractivity contribution is -0.120. The van der Waals surface area contributed by atoms with E-state index in [1.807, 2.05) is 63.2 Å². The van der Waals surface area contributed by atoms with Gasteiger partial charge in [-0.25, -0.2) is 4.98 Å². The Bertz CT molecular complexity index is 1230. The molecular formula is C27H28N4O2. The number of aromatic nitrogens is 2. The Morgan fingerprint density at radius 2 is 1.97 bits per heavy atom. The minimum Gasteiger partial charge on any atom is -0.348 e. The van der Waals surface area contributed by atoms with Crippen molar-refractivity contribution in [3.05, 3.63) is 88.4 Å². The Morgan fingerprint density at radius 3 is 2.70 bits per heavy atom. The van der Waals surface area contributed by atoms with E-state index in [0.717, 1.165) is 28.1 Å². The van der Waals surface area contributed by atoms with E-state index in [1.165, 1.54) is 12.8 Å². The summed E-state index contributed by atoms with van der Waals surface area (Å²) in [6, 6.07) is 15.5. The van der Waals surface area contributed by atoms with Gasteiger partial charge in [0.2, 0.25) is 5.91 Å². The first-order chi connectivity index (χ1) is 15.9. The second-order valence-electron chi connectivity index (χ2n) is 9.40. The van der Waals surface area contributed by atoms with Crippen molar-refractivity contribution in [3.63, 3.8) is 0 Å². The van der Waals surface area contributed by atoms with Gasteiger partial charge in [-0.15, -0.1) is 0 Å². The quantitative estimate of drug-likeness (QED) is 0.586. The lowest BCUT2D eigenvalue weighted by Crippen LogP contribution is -2.36. The van der Waals surface area contributed by atoms with Crippen LogP contribution in [-0.2, 0) is 16.8 Å². The molecule has 6 heteroatoms. The molecule has 1 fully saturated rings. The third-order valence-corrected chi connectivity index (χ3v) is 7.09. The number of carbonyl (C=O) groups is 2. The van der Waals surface area contributed by atoms with Crippen molar-refractivity contribution in [1.82, 2.24) is 15.3 Å². The van der Waals surface area contributed by atoms with Gasteiger partial charge in [0.05, 0.1) is 5.41 Å². The summed E-state index contributed by atoms with van der Waals surface area (Å²) in [7, 11) is 0. The normalized spacial score (nSPS) is 20.2. The molecule has 3 heterocycles. The molecule has 2 aromatic heterocycles. The Labute approximate surface area is 193 Å². The first-order valence-corrected chi connectivity index (χ1v) is 11.5. The first kappa shape index (κ1) is 21.3. The summed E-state index contributed by atoms with van der Waals surface area (Å²) in [5.74, 6) is 0.963. The van der Waals surface area contributed by atoms with Crippen LogP contribution in [0.3, 0.4) is 0 Å². The van der Waals surface area contributed by atoms with E-state index in [2.05, 4.69) is 26.7 Å². The van der Waals surface area contributed by atoms with E-state index < -0.39 is 5.41 Å². The number of fused-ring (bicyclic) bond motifs is 1. The number of rotatable bonds is 6. The van der Waals surface area contributed by atoms with Crippen molar-refractivity contribution < 1.29 is 9.59 Å². The van der Waals surface area contributed by atoms with Crippen molar-refractivity contribution in [2.45, 2.75) is 57.4 Å². The highest BCUT2D eigenvalue weighted by molar-refractivity contribution is 6.05. The molecule has 2 N–H and O–H groups in total. The average molecular weight is 441 g/mol. The van der Waals surface area contributed by atoms with Crippen LogP contribution in [0.2, 0.25) is 0 Å². The fourth-order valence-electron chi connectivity index (χ4n) is 4.71. The Morgan fingerprint density at radius 1 is 1.21 bits per heavy atom. The van der Waals surface area contributed by atoms with Gasteiger partial charge in [-0.3, -0.25) is 14.6 Å². The van der Waals surface area contributed by atoms with E-state index in [4.69, 9.17) is 0 Å². The van der Waals surface area contributed by atoms with Crippen LogP contribution in [0, 0.1) is 6.92 Å². The van der Waals surface area contributed by atoms with Gasteiger partial charge in [-0.05, 0) is 74.1 Å². The second-order valence-corrected chi connectivity index (χ2v) is 9.40. The highest BCUT2D eigenvalue weighted by Crippen LogP contribution is 2.46. The number of benzene rings is 1. The molecule has 1 aliphatic carbocycles. The number of amides is 2. The van der Waals surface area contributed by atoms with Crippen molar-refractivity contribution in [2.75, 3.05) is 5.32 Å². The average Bonchev–Trinajstić information content (AvgIpc) is 3.64. The van der Waals surface area contributed by atoms with Crippen LogP contribution in [0.1, 0.15) is 77.0 Å². The van der Waals surface area contributed by atoms with Gasteiger partial charge in [0.25, 0.3) is 5.91 Å². The topological polar surface area (TPSA) is 84.0 Å². The van der Waals surface area contributed by atoms with Crippen LogP contribution in [0.25, 0.3) is 0 Å². The van der Waals surface area contributed by atoms with Crippen LogP contribution < -0.4 is 10.6 Å². The number of nitrogens with one attached hydrogen (secondary N) is 2. The third-order valence-electron chi connectivity index (χ3n) is 7.09. The molecule has 1 aromatic carbocycles. The van der Waals surface area contributed by atoms with Gasteiger partial charge in [0.1, 0.15) is 5.82 Å². The summed E-state index contributed by atoms with van der Waals surface area (Å²) in [6.07, 6.45) is 4.09. The van der Waals surface area contributed by atoms with Gasteiger partial charge in [-0.2, -0.15) is 0 Å². The molecule has 0 radical (unpaired) electrons. The van der Waals surface area contributed by atoms with Gasteiger partial charge < -0.3 is 10.6 Å². The molecular weight excluding hydrogens is 412 g/mol. The number of hydrogen-bond donors (Lipinski definition) is 2. The van der Waals surface area contributed by atoms with Gasteiger partial charge in [0, 0.05) is 41.2 Å². The maximum atomic E-state index is 12.8. The minimum atomic E-state index is -0.716. The van der Waals surface area contributed by atoms with Gasteiger partial charge >= 0.3 is 0 Å². The van der Waals surface area contributed by atoms with Crippen LogP contribution >= 0.6 is 0 Å². The molecule has 1 aliphatic heterocycles. The van der Waals surface area contributed by atoms with Crippen LogP contribution in [0.15, 0.2) is 54.7 Å². The minimum absolute atomic E-state index is 0.0521. The Kier molecular flexibility index (Phi) is 5.23. The fourth-order valence-corrected chi connectivity index (χ4v) is 4.71. The van der Waals surface area contributed by atoms with E-state index >= 15 is 0 Å². The molecule has 2 atom stereocenters. The standard InChI is InChI=1S/C27H28N4O2/c1-16-13-18(14-23(30-16)20-8-9-20)15-29-25(32)21-10-6-19(7-11-21)17(2)27(3)22-5-4-12-28-24(22)31-26(27)33/h4-7,10-14,17,20H,8-9,15H2,1-3H3,(H,29,32)(H,28,31,33)/t17-,27-/m1/s1. The first-order valence-electron chi connectivity index (χ1n) is 11.5. The molecule has 168 valence electrons. The summed E-state index contributed by atoms with van der Waals surface area (Å²) >= 11 is 0. The van der Waals surface area contributed by atoms with Gasteiger partial charge in [-0.1, -0.05) is 25.1 Å². The monoisotopic (exact) mass is 440 g/mol. The van der Waals surface area contributed by atoms with Crippen LogP contribution in [-0.4, -0.2) is 21.8 Å². The third kappa shape index (κ3) is 3.90. The second kappa shape index (κ2) is 8.10. The molecule has 2 aliphatic rings. The zero-order valence-corrected chi connectivity index (χ0v) is 19.2. The predicted octanol–water partition coefficient (Wildman–Crippen LogP) is 4.61. The van der Waals surface area contributed by atoms with Gasteiger partial charge in [0.15, 0.2) is 0 Å². The summed E-state index contributed by atoms with van der Waals surface area (Å²) in [6.45, 7) is 6.46. The number of pyridine rings is 2. The Hall–Kier alpha value is -3.54. The molecule has 0 bridgehead atoms.